The lowest BCUT2D eigenvalue weighted by Crippen LogP contribution is -2.31. The van der Waals surface area contributed by atoms with E-state index in [1.165, 1.54) is 12.1 Å². The molecule has 0 saturated heterocycles. The van der Waals surface area contributed by atoms with E-state index in [2.05, 4.69) is 4.98 Å². The first-order valence-corrected chi connectivity index (χ1v) is 9.19. The van der Waals surface area contributed by atoms with Crippen LogP contribution in [-0.2, 0) is 0 Å². The molecule has 1 heterocycles. The summed E-state index contributed by atoms with van der Waals surface area (Å²) in [6, 6.07) is 11.9. The van der Waals surface area contributed by atoms with Crippen molar-refractivity contribution < 1.29 is 9.72 Å². The number of nitrogens with zero attached hydrogens (tertiary/aromatic N) is 4. The van der Waals surface area contributed by atoms with Gasteiger partial charge in [-0.3, -0.25) is 14.9 Å². The quantitative estimate of drug-likeness (QED) is 0.489. The Hall–Kier alpha value is -3.00. The van der Waals surface area contributed by atoms with Crippen LogP contribution in [0.25, 0.3) is 10.2 Å². The van der Waals surface area contributed by atoms with Crippen LogP contribution in [-0.4, -0.2) is 41.9 Å². The van der Waals surface area contributed by atoms with E-state index in [4.69, 9.17) is 0 Å². The lowest BCUT2D eigenvalue weighted by molar-refractivity contribution is -0.384. The highest BCUT2D eigenvalue weighted by Crippen LogP contribution is 2.31. The van der Waals surface area contributed by atoms with Crippen molar-refractivity contribution in [3.8, 4) is 0 Å². The van der Waals surface area contributed by atoms with Crippen molar-refractivity contribution in [2.24, 2.45) is 0 Å². The first-order chi connectivity index (χ1) is 12.8. The van der Waals surface area contributed by atoms with Crippen molar-refractivity contribution >= 4 is 38.8 Å². The normalized spacial score (nSPS) is 12.0. The summed E-state index contributed by atoms with van der Waals surface area (Å²) < 4.78 is 1.06. The summed E-state index contributed by atoms with van der Waals surface area (Å²) in [5.74, 6) is -0.283. The van der Waals surface area contributed by atoms with E-state index in [1.54, 1.807) is 48.3 Å². The van der Waals surface area contributed by atoms with Crippen LogP contribution in [0, 0.1) is 10.1 Å². The molecule has 0 saturated carbocycles. The van der Waals surface area contributed by atoms with E-state index in [1.807, 2.05) is 31.2 Å². The van der Waals surface area contributed by atoms with Crippen LogP contribution < -0.4 is 4.90 Å². The minimum Gasteiger partial charge on any atom is -0.377 e. The van der Waals surface area contributed by atoms with E-state index in [0.29, 0.717) is 11.3 Å². The van der Waals surface area contributed by atoms with Crippen LogP contribution in [0.1, 0.15) is 28.3 Å². The van der Waals surface area contributed by atoms with Crippen molar-refractivity contribution in [3.05, 3.63) is 63.1 Å². The largest absolute Gasteiger partial charge is 0.377 e. The van der Waals surface area contributed by atoms with Gasteiger partial charge in [0.1, 0.15) is 5.01 Å². The fourth-order valence-electron chi connectivity index (χ4n) is 2.80. The molecule has 140 valence electrons. The summed E-state index contributed by atoms with van der Waals surface area (Å²) in [4.78, 5) is 31.7. The van der Waals surface area contributed by atoms with Gasteiger partial charge in [-0.05, 0) is 25.1 Å². The summed E-state index contributed by atoms with van der Waals surface area (Å²) in [7, 11) is 5.29. The van der Waals surface area contributed by atoms with Gasteiger partial charge in [-0.2, -0.15) is 0 Å². The standard InChI is InChI=1S/C19H20N4O3S/c1-12(18-20-15-7-5-6-8-17(15)27-18)22(4)19(24)14-11-13(23(25)26)9-10-16(14)21(2)3/h5-12H,1-4H3/t12-/m1/s1. The van der Waals surface area contributed by atoms with E-state index in [-0.39, 0.29) is 17.6 Å². The number of thiazole rings is 1. The Morgan fingerprint density at radius 2 is 1.89 bits per heavy atom. The molecule has 2 aromatic carbocycles. The maximum Gasteiger partial charge on any atom is 0.270 e. The smallest absolute Gasteiger partial charge is 0.270 e. The van der Waals surface area contributed by atoms with E-state index in [9.17, 15) is 14.9 Å². The number of amides is 1. The molecule has 8 heteroatoms. The zero-order chi connectivity index (χ0) is 19.7. The van der Waals surface area contributed by atoms with Crippen molar-refractivity contribution in [1.29, 1.82) is 0 Å². The van der Waals surface area contributed by atoms with Gasteiger partial charge in [0, 0.05) is 39.0 Å². The second kappa shape index (κ2) is 7.32. The number of carbonyl (C=O) groups excluding carboxylic acids is 1. The molecule has 27 heavy (non-hydrogen) atoms. The molecule has 7 nitrogen and oxygen atoms in total. The highest BCUT2D eigenvalue weighted by Gasteiger charge is 2.26. The minimum absolute atomic E-state index is 0.106. The Morgan fingerprint density at radius 3 is 2.52 bits per heavy atom. The molecule has 0 aliphatic heterocycles. The number of nitro benzene ring substituents is 1. The molecule has 0 spiro atoms. The second-order valence-corrected chi connectivity index (χ2v) is 7.53. The molecule has 0 aliphatic rings. The highest BCUT2D eigenvalue weighted by atomic mass is 32.1. The number of rotatable bonds is 5. The summed E-state index contributed by atoms with van der Waals surface area (Å²) in [5, 5.41) is 12.0. The molecule has 0 radical (unpaired) electrons. The average molecular weight is 384 g/mol. The molecular formula is C19H20N4O3S. The van der Waals surface area contributed by atoms with Gasteiger partial charge in [0.25, 0.3) is 11.6 Å². The molecule has 3 rings (SSSR count). The second-order valence-electron chi connectivity index (χ2n) is 6.46. The third-order valence-electron chi connectivity index (χ3n) is 4.47. The Balaban J connectivity index is 1.96. The molecule has 0 bridgehead atoms. The van der Waals surface area contributed by atoms with Gasteiger partial charge in [0.15, 0.2) is 0 Å². The van der Waals surface area contributed by atoms with Gasteiger partial charge in [-0.15, -0.1) is 11.3 Å². The number of hydrogen-bond acceptors (Lipinski definition) is 6. The van der Waals surface area contributed by atoms with Crippen molar-refractivity contribution in [3.63, 3.8) is 0 Å². The zero-order valence-electron chi connectivity index (χ0n) is 15.5. The number of benzene rings is 2. The molecule has 0 fully saturated rings. The number of anilines is 1. The minimum atomic E-state index is -0.493. The van der Waals surface area contributed by atoms with Gasteiger partial charge >= 0.3 is 0 Å². The number of non-ortho nitro benzene ring substituents is 1. The fourth-order valence-corrected chi connectivity index (χ4v) is 3.86. The van der Waals surface area contributed by atoms with Gasteiger partial charge in [0.2, 0.25) is 0 Å². The Morgan fingerprint density at radius 1 is 1.19 bits per heavy atom. The SMILES string of the molecule is C[C@H](c1nc2ccccc2s1)N(C)C(=O)c1cc([N+](=O)[O-])ccc1N(C)C. The monoisotopic (exact) mass is 384 g/mol. The molecule has 1 atom stereocenters. The molecule has 0 aliphatic carbocycles. The Kier molecular flexibility index (Phi) is 5.09. The lowest BCUT2D eigenvalue weighted by Gasteiger charge is -2.25. The number of nitro groups is 1. The predicted octanol–water partition coefficient (Wildman–Crippen LogP) is 4.10. The van der Waals surface area contributed by atoms with E-state index >= 15 is 0 Å². The highest BCUT2D eigenvalue weighted by molar-refractivity contribution is 7.18. The van der Waals surface area contributed by atoms with Crippen molar-refractivity contribution in [1.82, 2.24) is 9.88 Å². The Bertz CT molecular complexity index is 982. The number of carbonyl (C=O) groups is 1. The molecular weight excluding hydrogens is 364 g/mol. The number of para-hydroxylation sites is 1. The molecule has 0 N–H and O–H groups in total. The van der Waals surface area contributed by atoms with Crippen molar-refractivity contribution in [2.75, 3.05) is 26.0 Å². The molecule has 1 amide bonds. The van der Waals surface area contributed by atoms with Crippen LogP contribution >= 0.6 is 11.3 Å². The lowest BCUT2D eigenvalue weighted by atomic mass is 10.1. The van der Waals surface area contributed by atoms with Gasteiger partial charge in [-0.1, -0.05) is 12.1 Å². The topological polar surface area (TPSA) is 79.6 Å². The van der Waals surface area contributed by atoms with Crippen LogP contribution in [0.3, 0.4) is 0 Å². The van der Waals surface area contributed by atoms with Crippen LogP contribution in [0.4, 0.5) is 11.4 Å². The maximum atomic E-state index is 13.1. The van der Waals surface area contributed by atoms with E-state index in [0.717, 1.165) is 15.2 Å². The average Bonchev–Trinajstić information content (AvgIpc) is 3.09. The summed E-state index contributed by atoms with van der Waals surface area (Å²) in [5.41, 5.74) is 1.72. The summed E-state index contributed by atoms with van der Waals surface area (Å²) >= 11 is 1.54. The third-order valence-corrected chi connectivity index (χ3v) is 5.68. The first kappa shape index (κ1) is 18.8. The number of aromatic nitrogens is 1. The van der Waals surface area contributed by atoms with Crippen LogP contribution in [0.5, 0.6) is 0 Å². The van der Waals surface area contributed by atoms with Gasteiger partial charge in [-0.25, -0.2) is 4.98 Å². The van der Waals surface area contributed by atoms with Gasteiger partial charge in [0.05, 0.1) is 26.7 Å². The van der Waals surface area contributed by atoms with Gasteiger partial charge < -0.3 is 9.80 Å². The van der Waals surface area contributed by atoms with Crippen molar-refractivity contribution in [2.45, 2.75) is 13.0 Å². The van der Waals surface area contributed by atoms with Crippen LogP contribution in [0.15, 0.2) is 42.5 Å². The third kappa shape index (κ3) is 3.61. The molecule has 0 unspecified atom stereocenters. The summed E-state index contributed by atoms with van der Waals surface area (Å²) in [6.45, 7) is 1.91. The summed E-state index contributed by atoms with van der Waals surface area (Å²) in [6.07, 6.45) is 0. The molecule has 3 aromatic rings. The fraction of sp³-hybridized carbons (Fsp3) is 0.263. The number of hydrogen-bond donors (Lipinski definition) is 0. The predicted molar refractivity (Wildman–Crippen MR) is 108 cm³/mol. The first-order valence-electron chi connectivity index (χ1n) is 8.38. The number of fused-ring (bicyclic) bond motifs is 1. The zero-order valence-corrected chi connectivity index (χ0v) is 16.4. The van der Waals surface area contributed by atoms with Crippen LogP contribution in [0.2, 0.25) is 0 Å². The van der Waals surface area contributed by atoms with E-state index < -0.39 is 4.92 Å². The Labute approximate surface area is 161 Å². The molecule has 1 aromatic heterocycles. The maximum absolute atomic E-state index is 13.1.